The molecule has 0 radical (unpaired) electrons. The molecule has 2 unspecified atom stereocenters. The maximum absolute atomic E-state index is 13.6. The van der Waals surface area contributed by atoms with Gasteiger partial charge < -0.3 is 0 Å². The summed E-state index contributed by atoms with van der Waals surface area (Å²) in [7, 11) is 0. The van der Waals surface area contributed by atoms with E-state index >= 15 is 0 Å². The molecule has 0 amide bonds. The summed E-state index contributed by atoms with van der Waals surface area (Å²) in [5.41, 5.74) is 0.956. The van der Waals surface area contributed by atoms with Crippen LogP contribution in [0.5, 0.6) is 0 Å². The highest BCUT2D eigenvalue weighted by Gasteiger charge is 2.38. The van der Waals surface area contributed by atoms with Crippen LogP contribution in [-0.2, 0) is 0 Å². The van der Waals surface area contributed by atoms with Crippen molar-refractivity contribution in [3.63, 3.8) is 0 Å². The molecule has 80 valence electrons. The predicted molar refractivity (Wildman–Crippen MR) is 63.2 cm³/mol. The average molecular weight is 318 g/mol. The fourth-order valence-electron chi connectivity index (χ4n) is 1.93. The first-order chi connectivity index (χ1) is 7.16. The molecule has 15 heavy (non-hydrogen) atoms. The van der Waals surface area contributed by atoms with Crippen molar-refractivity contribution >= 4 is 22.6 Å². The minimum atomic E-state index is -0.318. The Hall–Kier alpha value is -0.260. The number of hydrogen-bond acceptors (Lipinski definition) is 2. The van der Waals surface area contributed by atoms with Crippen molar-refractivity contribution in [2.24, 2.45) is 5.92 Å². The van der Waals surface area contributed by atoms with Crippen molar-refractivity contribution in [1.82, 2.24) is 9.97 Å². The fraction of sp³-hybridized carbons (Fsp3) is 0.636. The lowest BCUT2D eigenvalue weighted by Crippen LogP contribution is -2.05. The molecule has 2 nitrogen and oxygen atoms in total. The number of aromatic nitrogens is 2. The van der Waals surface area contributed by atoms with E-state index < -0.39 is 0 Å². The lowest BCUT2D eigenvalue weighted by molar-refractivity contribution is 0.554. The summed E-state index contributed by atoms with van der Waals surface area (Å²) >= 11 is 2.03. The minimum Gasteiger partial charge on any atom is -0.236 e. The lowest BCUT2D eigenvalue weighted by Gasteiger charge is -2.05. The maximum atomic E-state index is 13.6. The summed E-state index contributed by atoms with van der Waals surface area (Å²) in [5, 5.41) is 0. The number of halogens is 2. The van der Waals surface area contributed by atoms with Gasteiger partial charge in [-0.05, 0) is 47.8 Å². The molecule has 2 aliphatic rings. The number of hydrogen-bond donors (Lipinski definition) is 0. The molecule has 0 aliphatic heterocycles. The van der Waals surface area contributed by atoms with Crippen LogP contribution in [0.4, 0.5) is 4.39 Å². The van der Waals surface area contributed by atoms with Gasteiger partial charge in [-0.3, -0.25) is 0 Å². The lowest BCUT2D eigenvalue weighted by atomic mass is 10.2. The van der Waals surface area contributed by atoms with Gasteiger partial charge in [-0.1, -0.05) is 6.92 Å². The standard InChI is InChI=1S/C11H12FIN2/c1-5-4-7(5)11-14-9(6-2-3-6)8(13)10(12)15-11/h5-7H,2-4H2,1H3. The van der Waals surface area contributed by atoms with E-state index in [0.29, 0.717) is 21.3 Å². The van der Waals surface area contributed by atoms with Crippen molar-refractivity contribution in [1.29, 1.82) is 0 Å². The second-order valence-electron chi connectivity index (χ2n) is 4.67. The molecule has 2 atom stereocenters. The summed E-state index contributed by atoms with van der Waals surface area (Å²) in [5.74, 6) is 1.97. The van der Waals surface area contributed by atoms with Gasteiger partial charge in [0.05, 0.1) is 9.26 Å². The van der Waals surface area contributed by atoms with Gasteiger partial charge in [-0.2, -0.15) is 4.39 Å². The van der Waals surface area contributed by atoms with Crippen LogP contribution in [-0.4, -0.2) is 9.97 Å². The maximum Gasteiger partial charge on any atom is 0.229 e. The van der Waals surface area contributed by atoms with Gasteiger partial charge in [0, 0.05) is 11.8 Å². The Kier molecular flexibility index (Phi) is 2.23. The van der Waals surface area contributed by atoms with Crippen LogP contribution in [0.15, 0.2) is 0 Å². The van der Waals surface area contributed by atoms with Crippen molar-refractivity contribution < 1.29 is 4.39 Å². The third kappa shape index (κ3) is 1.77. The van der Waals surface area contributed by atoms with E-state index in [1.54, 1.807) is 0 Å². The average Bonchev–Trinajstić information content (AvgIpc) is 3.04. The molecule has 0 bridgehead atoms. The molecule has 3 rings (SSSR count). The quantitative estimate of drug-likeness (QED) is 0.618. The summed E-state index contributed by atoms with van der Waals surface area (Å²) in [6, 6.07) is 0. The third-order valence-electron chi connectivity index (χ3n) is 3.26. The van der Waals surface area contributed by atoms with Crippen LogP contribution in [0.3, 0.4) is 0 Å². The second-order valence-corrected chi connectivity index (χ2v) is 5.74. The highest BCUT2D eigenvalue weighted by molar-refractivity contribution is 14.1. The van der Waals surface area contributed by atoms with E-state index in [-0.39, 0.29) is 5.95 Å². The predicted octanol–water partition coefficient (Wildman–Crippen LogP) is 3.22. The molecule has 1 heterocycles. The summed E-state index contributed by atoms with van der Waals surface area (Å²) in [4.78, 5) is 8.52. The molecule has 1 aromatic rings. The van der Waals surface area contributed by atoms with Crippen LogP contribution in [0.2, 0.25) is 0 Å². The van der Waals surface area contributed by atoms with Crippen molar-refractivity contribution in [2.75, 3.05) is 0 Å². The zero-order valence-electron chi connectivity index (χ0n) is 8.50. The van der Waals surface area contributed by atoms with Crippen molar-refractivity contribution in [2.45, 2.75) is 38.0 Å². The van der Waals surface area contributed by atoms with Crippen LogP contribution in [0.25, 0.3) is 0 Å². The first kappa shape index (κ1) is 9.93. The SMILES string of the molecule is CC1CC1c1nc(F)c(I)c(C2CC2)n1. The molecule has 0 spiro atoms. The van der Waals surface area contributed by atoms with Crippen LogP contribution in [0.1, 0.15) is 49.5 Å². The monoisotopic (exact) mass is 318 g/mol. The molecule has 2 fully saturated rings. The van der Waals surface area contributed by atoms with Gasteiger partial charge in [0.25, 0.3) is 0 Å². The minimum absolute atomic E-state index is 0.318. The second kappa shape index (κ2) is 3.37. The molecule has 2 aliphatic carbocycles. The van der Waals surface area contributed by atoms with Crippen LogP contribution in [0, 0.1) is 15.4 Å². The Labute approximate surface area is 102 Å². The van der Waals surface area contributed by atoms with E-state index in [1.807, 2.05) is 22.6 Å². The number of rotatable bonds is 2. The molecule has 2 saturated carbocycles. The highest BCUT2D eigenvalue weighted by Crippen LogP contribution is 2.47. The van der Waals surface area contributed by atoms with E-state index in [0.717, 1.165) is 30.8 Å². The van der Waals surface area contributed by atoms with Crippen LogP contribution < -0.4 is 0 Å². The number of nitrogens with zero attached hydrogens (tertiary/aromatic N) is 2. The molecule has 0 aromatic carbocycles. The smallest absolute Gasteiger partial charge is 0.229 e. The molecular weight excluding hydrogens is 306 g/mol. The third-order valence-corrected chi connectivity index (χ3v) is 4.26. The van der Waals surface area contributed by atoms with E-state index in [2.05, 4.69) is 16.9 Å². The summed E-state index contributed by atoms with van der Waals surface area (Å²) in [6.07, 6.45) is 3.43. The first-order valence-electron chi connectivity index (χ1n) is 5.39. The van der Waals surface area contributed by atoms with Gasteiger partial charge in [-0.15, -0.1) is 0 Å². The van der Waals surface area contributed by atoms with Gasteiger partial charge in [-0.25, -0.2) is 9.97 Å². The molecule has 4 heteroatoms. The van der Waals surface area contributed by atoms with Gasteiger partial charge in [0.15, 0.2) is 0 Å². The molecule has 0 N–H and O–H groups in total. The van der Waals surface area contributed by atoms with Gasteiger partial charge in [0.1, 0.15) is 5.82 Å². The Morgan fingerprint density at radius 2 is 2.00 bits per heavy atom. The molecule has 1 aromatic heterocycles. The summed E-state index contributed by atoms with van der Waals surface area (Å²) < 4.78 is 14.2. The zero-order valence-corrected chi connectivity index (χ0v) is 10.7. The van der Waals surface area contributed by atoms with Crippen LogP contribution >= 0.6 is 22.6 Å². The van der Waals surface area contributed by atoms with Crippen molar-refractivity contribution in [3.8, 4) is 0 Å². The Morgan fingerprint density at radius 1 is 1.33 bits per heavy atom. The van der Waals surface area contributed by atoms with E-state index in [4.69, 9.17) is 0 Å². The Balaban J connectivity index is 2.02. The molecule has 0 saturated heterocycles. The Morgan fingerprint density at radius 3 is 2.53 bits per heavy atom. The zero-order chi connectivity index (χ0) is 10.6. The van der Waals surface area contributed by atoms with E-state index in [1.165, 1.54) is 0 Å². The van der Waals surface area contributed by atoms with Gasteiger partial charge in [0.2, 0.25) is 5.95 Å². The topological polar surface area (TPSA) is 25.8 Å². The van der Waals surface area contributed by atoms with Crippen molar-refractivity contribution in [3.05, 3.63) is 21.0 Å². The Bertz CT molecular complexity index is 417. The largest absolute Gasteiger partial charge is 0.236 e. The molecular formula is C11H12FIN2. The van der Waals surface area contributed by atoms with E-state index in [9.17, 15) is 4.39 Å². The van der Waals surface area contributed by atoms with Gasteiger partial charge >= 0.3 is 0 Å². The highest BCUT2D eigenvalue weighted by atomic mass is 127. The summed E-state index contributed by atoms with van der Waals surface area (Å²) in [6.45, 7) is 2.17. The fourth-order valence-corrected chi connectivity index (χ4v) is 2.61. The normalized spacial score (nSPS) is 29.3. The first-order valence-corrected chi connectivity index (χ1v) is 6.47.